The number of Topliss-reactive ketones (excluding diaryl/α,β-unsaturated/α-hetero) is 2. The van der Waals surface area contributed by atoms with Crippen LogP contribution in [0.25, 0.3) is 0 Å². The molecule has 0 heterocycles. The van der Waals surface area contributed by atoms with Crippen molar-refractivity contribution in [1.82, 2.24) is 0 Å². The summed E-state index contributed by atoms with van der Waals surface area (Å²) in [4.78, 5) is 21.7. The van der Waals surface area contributed by atoms with Gasteiger partial charge in [0.25, 0.3) is 0 Å². The van der Waals surface area contributed by atoms with E-state index in [4.69, 9.17) is 0 Å². The number of carbonyl (C=O) groups excluding carboxylic acids is 2. The summed E-state index contributed by atoms with van der Waals surface area (Å²) in [7, 11) is 0. The topological polar surface area (TPSA) is 34.1 Å². The van der Waals surface area contributed by atoms with E-state index in [2.05, 4.69) is 0 Å². The third kappa shape index (κ3) is 2.29. The summed E-state index contributed by atoms with van der Waals surface area (Å²) in [6, 6.07) is 0. The standard InChI is InChI=1S/C8H14O2/c1-5(2)8(10)6(3)7(4)9/h5-6H,1-4H3/t6-/m1/s1. The molecule has 1 atom stereocenters. The Morgan fingerprint density at radius 2 is 1.50 bits per heavy atom. The third-order valence-corrected chi connectivity index (χ3v) is 1.61. The van der Waals surface area contributed by atoms with Crippen LogP contribution in [0.1, 0.15) is 27.7 Å². The van der Waals surface area contributed by atoms with Gasteiger partial charge in [0.1, 0.15) is 11.6 Å². The van der Waals surface area contributed by atoms with E-state index < -0.39 is 5.92 Å². The van der Waals surface area contributed by atoms with E-state index in [9.17, 15) is 9.59 Å². The van der Waals surface area contributed by atoms with Crippen molar-refractivity contribution in [3.8, 4) is 0 Å². The largest absolute Gasteiger partial charge is 0.299 e. The van der Waals surface area contributed by atoms with Crippen molar-refractivity contribution in [3.05, 3.63) is 0 Å². The first-order valence-corrected chi connectivity index (χ1v) is 3.51. The lowest BCUT2D eigenvalue weighted by Gasteiger charge is -2.08. The van der Waals surface area contributed by atoms with E-state index in [0.717, 1.165) is 0 Å². The number of hydrogen-bond acceptors (Lipinski definition) is 2. The van der Waals surface area contributed by atoms with E-state index in [1.807, 2.05) is 13.8 Å². The molecular weight excluding hydrogens is 128 g/mol. The molecule has 58 valence electrons. The summed E-state index contributed by atoms with van der Waals surface area (Å²) in [6.45, 7) is 6.72. The van der Waals surface area contributed by atoms with E-state index in [0.29, 0.717) is 0 Å². The Morgan fingerprint density at radius 3 is 1.60 bits per heavy atom. The van der Waals surface area contributed by atoms with Crippen LogP contribution in [0.15, 0.2) is 0 Å². The minimum Gasteiger partial charge on any atom is -0.299 e. The molecule has 0 aromatic carbocycles. The van der Waals surface area contributed by atoms with Crippen molar-refractivity contribution in [2.24, 2.45) is 11.8 Å². The van der Waals surface area contributed by atoms with E-state index in [1.54, 1.807) is 6.92 Å². The molecule has 0 aliphatic heterocycles. The Morgan fingerprint density at radius 1 is 1.10 bits per heavy atom. The second kappa shape index (κ2) is 3.49. The van der Waals surface area contributed by atoms with Crippen LogP contribution in [-0.4, -0.2) is 11.6 Å². The molecule has 2 heteroatoms. The van der Waals surface area contributed by atoms with Crippen LogP contribution in [-0.2, 0) is 9.59 Å². The SMILES string of the molecule is CC(=O)[C@@H](C)C(=O)C(C)C. The minimum atomic E-state index is -0.417. The van der Waals surface area contributed by atoms with Crippen molar-refractivity contribution < 1.29 is 9.59 Å². The molecule has 0 aromatic rings. The fraction of sp³-hybridized carbons (Fsp3) is 0.750. The van der Waals surface area contributed by atoms with Gasteiger partial charge in [-0.2, -0.15) is 0 Å². The fourth-order valence-electron chi connectivity index (χ4n) is 0.700. The predicted octanol–water partition coefficient (Wildman–Crippen LogP) is 1.44. The lowest BCUT2D eigenvalue weighted by molar-refractivity contribution is -0.132. The van der Waals surface area contributed by atoms with E-state index in [1.165, 1.54) is 6.92 Å². The Hall–Kier alpha value is -0.660. The lowest BCUT2D eigenvalue weighted by Crippen LogP contribution is -2.22. The molecule has 0 aromatic heterocycles. The van der Waals surface area contributed by atoms with Gasteiger partial charge in [0.2, 0.25) is 0 Å². The Bertz CT molecular complexity index is 147. The minimum absolute atomic E-state index is 0.0288. The summed E-state index contributed by atoms with van der Waals surface area (Å²) in [5.41, 5.74) is 0. The average molecular weight is 142 g/mol. The third-order valence-electron chi connectivity index (χ3n) is 1.61. The Labute approximate surface area is 61.6 Å². The molecule has 0 unspecified atom stereocenters. The van der Waals surface area contributed by atoms with Crippen LogP contribution in [0.2, 0.25) is 0 Å². The van der Waals surface area contributed by atoms with E-state index in [-0.39, 0.29) is 17.5 Å². The molecule has 0 radical (unpaired) electrons. The molecule has 0 saturated carbocycles. The molecule has 2 nitrogen and oxygen atoms in total. The van der Waals surface area contributed by atoms with Gasteiger partial charge < -0.3 is 0 Å². The molecular formula is C8H14O2. The first-order chi connectivity index (χ1) is 4.46. The molecule has 0 fully saturated rings. The quantitative estimate of drug-likeness (QED) is 0.559. The normalized spacial score (nSPS) is 13.3. The highest BCUT2D eigenvalue weighted by molar-refractivity contribution is 6.01. The maximum atomic E-state index is 11.1. The summed E-state index contributed by atoms with van der Waals surface area (Å²) in [5, 5.41) is 0. The monoisotopic (exact) mass is 142 g/mol. The van der Waals surface area contributed by atoms with Gasteiger partial charge in [-0.15, -0.1) is 0 Å². The van der Waals surface area contributed by atoms with Gasteiger partial charge in [0.15, 0.2) is 0 Å². The van der Waals surface area contributed by atoms with Crippen LogP contribution in [0.4, 0.5) is 0 Å². The summed E-state index contributed by atoms with van der Waals surface area (Å²) in [5.74, 6) is -0.454. The van der Waals surface area contributed by atoms with E-state index >= 15 is 0 Å². The molecule has 0 bridgehead atoms. The van der Waals surface area contributed by atoms with Gasteiger partial charge in [-0.05, 0) is 13.8 Å². The van der Waals surface area contributed by atoms with Crippen LogP contribution in [0.5, 0.6) is 0 Å². The number of carbonyl (C=O) groups is 2. The van der Waals surface area contributed by atoms with Crippen LogP contribution >= 0.6 is 0 Å². The van der Waals surface area contributed by atoms with Gasteiger partial charge in [-0.3, -0.25) is 9.59 Å². The highest BCUT2D eigenvalue weighted by atomic mass is 16.1. The zero-order valence-electron chi connectivity index (χ0n) is 6.97. The Kier molecular flexibility index (Phi) is 3.26. The predicted molar refractivity (Wildman–Crippen MR) is 39.7 cm³/mol. The van der Waals surface area contributed by atoms with Crippen molar-refractivity contribution in [2.45, 2.75) is 27.7 Å². The lowest BCUT2D eigenvalue weighted by atomic mass is 9.94. The second-order valence-electron chi connectivity index (χ2n) is 2.89. The highest BCUT2D eigenvalue weighted by Crippen LogP contribution is 2.06. The molecule has 0 spiro atoms. The molecule has 0 aliphatic carbocycles. The van der Waals surface area contributed by atoms with Crippen LogP contribution < -0.4 is 0 Å². The second-order valence-corrected chi connectivity index (χ2v) is 2.89. The smallest absolute Gasteiger partial charge is 0.145 e. The first kappa shape index (κ1) is 9.34. The van der Waals surface area contributed by atoms with Gasteiger partial charge in [-0.1, -0.05) is 13.8 Å². The number of hydrogen-bond donors (Lipinski definition) is 0. The zero-order chi connectivity index (χ0) is 8.31. The van der Waals surface area contributed by atoms with Crippen molar-refractivity contribution in [2.75, 3.05) is 0 Å². The molecule has 0 amide bonds. The number of rotatable bonds is 3. The number of ketones is 2. The molecule has 0 saturated heterocycles. The summed E-state index contributed by atoms with van der Waals surface area (Å²) < 4.78 is 0. The van der Waals surface area contributed by atoms with Crippen molar-refractivity contribution in [3.63, 3.8) is 0 Å². The molecule has 0 rings (SSSR count). The van der Waals surface area contributed by atoms with Gasteiger partial charge >= 0.3 is 0 Å². The highest BCUT2D eigenvalue weighted by Gasteiger charge is 2.19. The van der Waals surface area contributed by atoms with Crippen molar-refractivity contribution in [1.29, 1.82) is 0 Å². The summed E-state index contributed by atoms with van der Waals surface area (Å²) >= 11 is 0. The average Bonchev–Trinajstić information content (AvgIpc) is 1.84. The summed E-state index contributed by atoms with van der Waals surface area (Å²) in [6.07, 6.45) is 0. The maximum absolute atomic E-state index is 11.1. The molecule has 0 aliphatic rings. The maximum Gasteiger partial charge on any atom is 0.145 e. The van der Waals surface area contributed by atoms with Crippen LogP contribution in [0, 0.1) is 11.8 Å². The molecule has 10 heavy (non-hydrogen) atoms. The molecule has 0 N–H and O–H groups in total. The Balaban J connectivity index is 4.08. The van der Waals surface area contributed by atoms with Crippen LogP contribution in [0.3, 0.4) is 0 Å². The van der Waals surface area contributed by atoms with Gasteiger partial charge in [0, 0.05) is 5.92 Å². The fourth-order valence-corrected chi connectivity index (χ4v) is 0.700. The van der Waals surface area contributed by atoms with Gasteiger partial charge in [0.05, 0.1) is 5.92 Å². The zero-order valence-corrected chi connectivity index (χ0v) is 6.97. The van der Waals surface area contributed by atoms with Gasteiger partial charge in [-0.25, -0.2) is 0 Å². The first-order valence-electron chi connectivity index (χ1n) is 3.51. The van der Waals surface area contributed by atoms with Crippen molar-refractivity contribution >= 4 is 11.6 Å².